The second-order valence-corrected chi connectivity index (χ2v) is 9.26. The van der Waals surface area contributed by atoms with Crippen molar-refractivity contribution in [2.45, 2.75) is 4.90 Å². The number of aromatic nitrogens is 1. The monoisotopic (exact) mass is 507 g/mol. The van der Waals surface area contributed by atoms with Crippen LogP contribution in [0, 0.1) is 0 Å². The first-order valence-corrected chi connectivity index (χ1v) is 11.9. The molecule has 0 fully saturated rings. The lowest BCUT2D eigenvalue weighted by Crippen LogP contribution is -2.17. The van der Waals surface area contributed by atoms with E-state index >= 15 is 0 Å². The molecule has 4 rings (SSSR count). The number of rotatable bonds is 8. The van der Waals surface area contributed by atoms with Gasteiger partial charge in [-0.1, -0.05) is 29.5 Å². The van der Waals surface area contributed by atoms with E-state index in [2.05, 4.69) is 15.6 Å². The number of amides is 2. The lowest BCUT2D eigenvalue weighted by atomic mass is 10.0. The average molecular weight is 508 g/mol. The summed E-state index contributed by atoms with van der Waals surface area (Å²) in [7, 11) is 0. The molecular formula is C24H17N3O6S2. The Morgan fingerprint density at radius 3 is 2.40 bits per heavy atom. The molecule has 1 aromatic heterocycles. The largest absolute Gasteiger partial charge is 0.478 e. The summed E-state index contributed by atoms with van der Waals surface area (Å²) in [6.45, 7) is 0. The van der Waals surface area contributed by atoms with E-state index in [9.17, 15) is 24.3 Å². The lowest BCUT2D eigenvalue weighted by Gasteiger charge is -2.10. The highest BCUT2D eigenvalue weighted by Gasteiger charge is 2.19. The molecule has 0 saturated heterocycles. The first-order chi connectivity index (χ1) is 16.8. The van der Waals surface area contributed by atoms with Crippen LogP contribution in [0.4, 0.5) is 10.8 Å². The molecule has 3 aromatic carbocycles. The van der Waals surface area contributed by atoms with E-state index in [1.165, 1.54) is 29.2 Å². The zero-order chi connectivity index (χ0) is 24.9. The summed E-state index contributed by atoms with van der Waals surface area (Å²) in [6, 6.07) is 17.6. The molecule has 0 aliphatic carbocycles. The van der Waals surface area contributed by atoms with Crippen molar-refractivity contribution >= 4 is 67.9 Å². The van der Waals surface area contributed by atoms with Gasteiger partial charge in [0, 0.05) is 10.6 Å². The fraction of sp³-hybridized carbons (Fsp3) is 0.0417. The SMILES string of the molecule is O=C(CSc1cccc(NC(=O)c2ccc(C(=O)O)cc2C(=O)O)c1)Nc1nc2ccccc2s1. The molecule has 1 heterocycles. The lowest BCUT2D eigenvalue weighted by molar-refractivity contribution is -0.113. The van der Waals surface area contributed by atoms with Crippen LogP contribution in [0.15, 0.2) is 71.6 Å². The molecule has 35 heavy (non-hydrogen) atoms. The van der Waals surface area contributed by atoms with Gasteiger partial charge in [-0.2, -0.15) is 0 Å². The number of hydrogen-bond acceptors (Lipinski definition) is 7. The number of carboxylic acid groups (broad SMARTS) is 2. The summed E-state index contributed by atoms with van der Waals surface area (Å²) >= 11 is 2.64. The van der Waals surface area contributed by atoms with Crippen LogP contribution >= 0.6 is 23.1 Å². The number of nitrogens with zero attached hydrogens (tertiary/aromatic N) is 1. The number of thiazole rings is 1. The topological polar surface area (TPSA) is 146 Å². The molecule has 0 atom stereocenters. The number of carbonyl (C=O) groups excluding carboxylic acids is 2. The van der Waals surface area contributed by atoms with E-state index in [1.807, 2.05) is 24.3 Å². The number of fused-ring (bicyclic) bond motifs is 1. The van der Waals surface area contributed by atoms with E-state index in [4.69, 9.17) is 5.11 Å². The third kappa shape index (κ3) is 5.83. The standard InChI is InChI=1S/C24H17N3O6S2/c28-20(27-24-26-18-6-1-2-7-19(18)35-24)12-34-15-5-3-4-14(11-15)25-21(29)16-9-8-13(22(30)31)10-17(16)23(32)33/h1-11H,12H2,(H,25,29)(H,30,31)(H,32,33)(H,26,27,28). The van der Waals surface area contributed by atoms with E-state index in [0.717, 1.165) is 22.3 Å². The van der Waals surface area contributed by atoms with Gasteiger partial charge in [0.1, 0.15) is 0 Å². The maximum absolute atomic E-state index is 12.7. The number of aromatic carboxylic acids is 2. The Labute approximate surface area is 206 Å². The molecule has 0 aliphatic heterocycles. The Kier molecular flexibility index (Phi) is 7.09. The van der Waals surface area contributed by atoms with Crippen LogP contribution < -0.4 is 10.6 Å². The maximum Gasteiger partial charge on any atom is 0.336 e. The second-order valence-electron chi connectivity index (χ2n) is 7.18. The van der Waals surface area contributed by atoms with Gasteiger partial charge in [0.05, 0.1) is 32.7 Å². The van der Waals surface area contributed by atoms with Crippen molar-refractivity contribution in [1.82, 2.24) is 4.98 Å². The smallest absolute Gasteiger partial charge is 0.336 e. The van der Waals surface area contributed by atoms with Gasteiger partial charge in [-0.3, -0.25) is 9.59 Å². The van der Waals surface area contributed by atoms with Crippen molar-refractivity contribution in [2.75, 3.05) is 16.4 Å². The zero-order valence-corrected chi connectivity index (χ0v) is 19.5. The first kappa shape index (κ1) is 23.9. The van der Waals surface area contributed by atoms with Crippen LogP contribution in [0.5, 0.6) is 0 Å². The van der Waals surface area contributed by atoms with Crippen LogP contribution in [0.2, 0.25) is 0 Å². The van der Waals surface area contributed by atoms with Gasteiger partial charge in [-0.05, 0) is 48.5 Å². The van der Waals surface area contributed by atoms with Gasteiger partial charge in [-0.15, -0.1) is 11.8 Å². The first-order valence-electron chi connectivity index (χ1n) is 10.1. The van der Waals surface area contributed by atoms with Crippen molar-refractivity contribution in [3.8, 4) is 0 Å². The van der Waals surface area contributed by atoms with E-state index < -0.39 is 23.4 Å². The molecule has 9 nitrogen and oxygen atoms in total. The van der Waals surface area contributed by atoms with Gasteiger partial charge >= 0.3 is 11.9 Å². The summed E-state index contributed by atoms with van der Waals surface area (Å²) in [6.07, 6.45) is 0. The van der Waals surface area contributed by atoms with Gasteiger partial charge < -0.3 is 20.8 Å². The highest BCUT2D eigenvalue weighted by molar-refractivity contribution is 8.00. The van der Waals surface area contributed by atoms with Crippen molar-refractivity contribution in [3.63, 3.8) is 0 Å². The number of hydrogen-bond donors (Lipinski definition) is 4. The van der Waals surface area contributed by atoms with Crippen LogP contribution in [0.1, 0.15) is 31.1 Å². The zero-order valence-electron chi connectivity index (χ0n) is 17.8. The molecule has 4 aromatic rings. The predicted molar refractivity (Wildman–Crippen MR) is 134 cm³/mol. The Hall–Kier alpha value is -4.22. The molecule has 0 radical (unpaired) electrons. The van der Waals surface area contributed by atoms with Crippen LogP contribution in [-0.2, 0) is 4.79 Å². The van der Waals surface area contributed by atoms with Gasteiger partial charge in [0.2, 0.25) is 5.91 Å². The predicted octanol–water partition coefficient (Wildman–Crippen LogP) is 4.68. The Morgan fingerprint density at radius 1 is 0.857 bits per heavy atom. The quantitative estimate of drug-likeness (QED) is 0.252. The maximum atomic E-state index is 12.7. The number of para-hydroxylation sites is 1. The molecule has 0 spiro atoms. The fourth-order valence-corrected chi connectivity index (χ4v) is 4.78. The summed E-state index contributed by atoms with van der Waals surface area (Å²) in [4.78, 5) is 52.7. The van der Waals surface area contributed by atoms with Gasteiger partial charge in [-0.25, -0.2) is 14.6 Å². The minimum Gasteiger partial charge on any atom is -0.478 e. The van der Waals surface area contributed by atoms with Gasteiger partial charge in [0.25, 0.3) is 5.91 Å². The van der Waals surface area contributed by atoms with E-state index in [-0.39, 0.29) is 22.8 Å². The summed E-state index contributed by atoms with van der Waals surface area (Å²) < 4.78 is 0.975. The molecule has 11 heteroatoms. The Balaban J connectivity index is 1.40. The average Bonchev–Trinajstić information content (AvgIpc) is 3.24. The van der Waals surface area contributed by atoms with Crippen molar-refractivity contribution in [3.05, 3.63) is 83.4 Å². The van der Waals surface area contributed by atoms with Gasteiger partial charge in [0.15, 0.2) is 5.13 Å². The summed E-state index contributed by atoms with van der Waals surface area (Å²) in [5, 5.41) is 24.4. The van der Waals surface area contributed by atoms with Crippen molar-refractivity contribution in [1.29, 1.82) is 0 Å². The number of thioether (sulfide) groups is 1. The number of nitrogens with one attached hydrogen (secondary N) is 2. The fourth-order valence-electron chi connectivity index (χ4n) is 3.14. The third-order valence-corrected chi connectivity index (χ3v) is 6.69. The number of benzene rings is 3. The number of carbonyl (C=O) groups is 4. The minimum absolute atomic E-state index is 0.118. The minimum atomic E-state index is -1.42. The van der Waals surface area contributed by atoms with Crippen LogP contribution in [-0.4, -0.2) is 44.7 Å². The molecule has 2 amide bonds. The molecule has 0 unspecified atom stereocenters. The van der Waals surface area contributed by atoms with Crippen LogP contribution in [0.25, 0.3) is 10.2 Å². The molecular weight excluding hydrogens is 490 g/mol. The summed E-state index contributed by atoms with van der Waals surface area (Å²) in [5.74, 6) is -3.52. The normalized spacial score (nSPS) is 10.6. The third-order valence-electron chi connectivity index (χ3n) is 4.74. The van der Waals surface area contributed by atoms with E-state index in [1.54, 1.807) is 24.3 Å². The molecule has 0 bridgehead atoms. The van der Waals surface area contributed by atoms with Crippen molar-refractivity contribution in [2.24, 2.45) is 0 Å². The summed E-state index contributed by atoms with van der Waals surface area (Å²) in [5.41, 5.74) is 0.384. The Morgan fingerprint density at radius 2 is 1.66 bits per heavy atom. The van der Waals surface area contributed by atoms with E-state index in [0.29, 0.717) is 15.7 Å². The van der Waals surface area contributed by atoms with Crippen molar-refractivity contribution < 1.29 is 29.4 Å². The highest BCUT2D eigenvalue weighted by atomic mass is 32.2. The second kappa shape index (κ2) is 10.4. The number of anilines is 2. The molecule has 0 saturated carbocycles. The molecule has 176 valence electrons. The number of carboxylic acids is 2. The Bertz CT molecular complexity index is 1430. The molecule has 0 aliphatic rings. The highest BCUT2D eigenvalue weighted by Crippen LogP contribution is 2.27. The molecule has 4 N–H and O–H groups in total. The van der Waals surface area contributed by atoms with Crippen LogP contribution in [0.3, 0.4) is 0 Å².